The zero-order valence-corrected chi connectivity index (χ0v) is 7.17. The molecule has 0 unspecified atom stereocenters. The number of nitro groups is 1. The molecule has 1 N–H and O–H groups in total. The van der Waals surface area contributed by atoms with Gasteiger partial charge in [0.05, 0.1) is 10.5 Å². The average molecular weight is 190 g/mol. The van der Waals surface area contributed by atoms with Crippen LogP contribution in [0, 0.1) is 17.0 Å². The standard InChI is InChI=1S/C7H7NO3.ClH/c1-5-6(8(10)11)3-2-4-7(5)9;/h2-4,9H,1H3;1H. The number of halogens is 1. The summed E-state index contributed by atoms with van der Waals surface area (Å²) in [6.07, 6.45) is 0. The number of rotatable bonds is 1. The molecule has 0 aromatic heterocycles. The van der Waals surface area contributed by atoms with Gasteiger partial charge in [0.15, 0.2) is 0 Å². The lowest BCUT2D eigenvalue weighted by Crippen LogP contribution is -1.90. The van der Waals surface area contributed by atoms with E-state index in [1.54, 1.807) is 0 Å². The van der Waals surface area contributed by atoms with Gasteiger partial charge < -0.3 is 5.11 Å². The highest BCUT2D eigenvalue weighted by Crippen LogP contribution is 2.25. The fourth-order valence-electron chi connectivity index (χ4n) is 0.809. The Labute approximate surface area is 75.4 Å². The Kier molecular flexibility index (Phi) is 3.50. The van der Waals surface area contributed by atoms with Crippen LogP contribution in [0.1, 0.15) is 5.56 Å². The summed E-state index contributed by atoms with van der Waals surface area (Å²) in [4.78, 5) is 9.75. The minimum absolute atomic E-state index is 0. The number of hydrogen-bond acceptors (Lipinski definition) is 3. The van der Waals surface area contributed by atoms with Gasteiger partial charge in [-0.1, -0.05) is 6.07 Å². The number of benzene rings is 1. The van der Waals surface area contributed by atoms with Gasteiger partial charge in [0, 0.05) is 6.07 Å². The highest BCUT2D eigenvalue weighted by Gasteiger charge is 2.11. The van der Waals surface area contributed by atoms with Crippen LogP contribution in [0.15, 0.2) is 18.2 Å². The minimum atomic E-state index is -0.519. The third-order valence-electron chi connectivity index (χ3n) is 1.47. The first-order valence-electron chi connectivity index (χ1n) is 3.06. The van der Waals surface area contributed by atoms with Crippen molar-refractivity contribution in [2.45, 2.75) is 6.92 Å². The monoisotopic (exact) mass is 189 g/mol. The first-order valence-corrected chi connectivity index (χ1v) is 3.06. The lowest BCUT2D eigenvalue weighted by molar-refractivity contribution is -0.385. The summed E-state index contributed by atoms with van der Waals surface area (Å²) in [5.41, 5.74) is 0.252. The summed E-state index contributed by atoms with van der Waals surface area (Å²) in [5, 5.41) is 19.3. The quantitative estimate of drug-likeness (QED) is 0.543. The van der Waals surface area contributed by atoms with Crippen molar-refractivity contribution in [1.29, 1.82) is 0 Å². The molecule has 12 heavy (non-hydrogen) atoms. The number of aromatic hydroxyl groups is 1. The Morgan fingerprint density at radius 2 is 2.08 bits per heavy atom. The summed E-state index contributed by atoms with van der Waals surface area (Å²) in [6.45, 7) is 1.51. The van der Waals surface area contributed by atoms with Crippen LogP contribution >= 0.6 is 12.4 Å². The van der Waals surface area contributed by atoms with Crippen molar-refractivity contribution in [3.05, 3.63) is 33.9 Å². The molecule has 1 aromatic carbocycles. The van der Waals surface area contributed by atoms with Crippen molar-refractivity contribution in [3.8, 4) is 5.75 Å². The van der Waals surface area contributed by atoms with Crippen LogP contribution in [0.25, 0.3) is 0 Å². The van der Waals surface area contributed by atoms with E-state index in [2.05, 4.69) is 0 Å². The molecule has 0 aliphatic carbocycles. The number of phenolic OH excluding ortho intramolecular Hbond substituents is 1. The van der Waals surface area contributed by atoms with Crippen LogP contribution in [0.3, 0.4) is 0 Å². The predicted molar refractivity (Wildman–Crippen MR) is 46.7 cm³/mol. The van der Waals surface area contributed by atoms with Crippen molar-refractivity contribution in [2.24, 2.45) is 0 Å². The smallest absolute Gasteiger partial charge is 0.275 e. The zero-order chi connectivity index (χ0) is 8.43. The molecule has 1 rings (SSSR count). The molecule has 0 aliphatic heterocycles. The minimum Gasteiger partial charge on any atom is -0.507 e. The second kappa shape index (κ2) is 3.92. The van der Waals surface area contributed by atoms with E-state index in [1.165, 1.54) is 25.1 Å². The molecule has 0 spiro atoms. The summed E-state index contributed by atoms with van der Waals surface area (Å²) in [5.74, 6) is -0.0424. The molecule has 66 valence electrons. The Hall–Kier alpha value is -1.29. The van der Waals surface area contributed by atoms with E-state index in [0.29, 0.717) is 5.56 Å². The van der Waals surface area contributed by atoms with Crippen LogP contribution < -0.4 is 0 Å². The average Bonchev–Trinajstić information content (AvgIpc) is 1.94. The van der Waals surface area contributed by atoms with Crippen LogP contribution in [0.5, 0.6) is 5.75 Å². The molecular formula is C7H8ClNO3. The molecule has 0 fully saturated rings. The summed E-state index contributed by atoms with van der Waals surface area (Å²) in [6, 6.07) is 4.22. The lowest BCUT2D eigenvalue weighted by Gasteiger charge is -1.97. The van der Waals surface area contributed by atoms with E-state index in [9.17, 15) is 10.1 Å². The van der Waals surface area contributed by atoms with Gasteiger partial charge in [-0.05, 0) is 13.0 Å². The summed E-state index contributed by atoms with van der Waals surface area (Å²) < 4.78 is 0. The van der Waals surface area contributed by atoms with Crippen LogP contribution in [-0.4, -0.2) is 10.0 Å². The Morgan fingerprint density at radius 1 is 1.50 bits per heavy atom. The van der Waals surface area contributed by atoms with Gasteiger partial charge in [0.25, 0.3) is 5.69 Å². The van der Waals surface area contributed by atoms with Crippen LogP contribution in [0.2, 0.25) is 0 Å². The molecule has 0 amide bonds. The Bertz CT molecular complexity index is 301. The molecule has 0 bridgehead atoms. The van der Waals surface area contributed by atoms with Crippen molar-refractivity contribution in [2.75, 3.05) is 0 Å². The van der Waals surface area contributed by atoms with E-state index in [1.807, 2.05) is 0 Å². The third-order valence-corrected chi connectivity index (χ3v) is 1.47. The highest BCUT2D eigenvalue weighted by atomic mass is 35.5. The maximum Gasteiger partial charge on any atom is 0.275 e. The van der Waals surface area contributed by atoms with Gasteiger partial charge in [-0.25, -0.2) is 0 Å². The Balaban J connectivity index is 0.00000121. The van der Waals surface area contributed by atoms with Gasteiger partial charge >= 0.3 is 0 Å². The largest absolute Gasteiger partial charge is 0.507 e. The zero-order valence-electron chi connectivity index (χ0n) is 6.35. The molecule has 0 atom stereocenters. The molecule has 5 heteroatoms. The maximum absolute atomic E-state index is 10.3. The lowest BCUT2D eigenvalue weighted by atomic mass is 10.2. The molecule has 0 aliphatic rings. The number of nitro benzene ring substituents is 1. The first-order chi connectivity index (χ1) is 5.13. The van der Waals surface area contributed by atoms with Crippen molar-refractivity contribution >= 4 is 18.1 Å². The molecule has 0 heterocycles. The van der Waals surface area contributed by atoms with E-state index >= 15 is 0 Å². The molecule has 0 saturated heterocycles. The van der Waals surface area contributed by atoms with Crippen molar-refractivity contribution in [1.82, 2.24) is 0 Å². The molecular weight excluding hydrogens is 182 g/mol. The maximum atomic E-state index is 10.3. The predicted octanol–water partition coefficient (Wildman–Crippen LogP) is 2.03. The van der Waals surface area contributed by atoms with E-state index in [0.717, 1.165) is 0 Å². The second-order valence-corrected chi connectivity index (χ2v) is 2.18. The number of hydrogen-bond donors (Lipinski definition) is 1. The fraction of sp³-hybridized carbons (Fsp3) is 0.143. The van der Waals surface area contributed by atoms with E-state index < -0.39 is 4.92 Å². The van der Waals surface area contributed by atoms with Crippen LogP contribution in [0.4, 0.5) is 5.69 Å². The summed E-state index contributed by atoms with van der Waals surface area (Å²) in [7, 11) is 0. The van der Waals surface area contributed by atoms with Gasteiger partial charge in [-0.3, -0.25) is 10.1 Å². The SMILES string of the molecule is Cc1c(O)cccc1[N+](=O)[O-].Cl. The van der Waals surface area contributed by atoms with Crippen LogP contribution in [-0.2, 0) is 0 Å². The van der Waals surface area contributed by atoms with Crippen molar-refractivity contribution in [3.63, 3.8) is 0 Å². The first kappa shape index (κ1) is 10.7. The van der Waals surface area contributed by atoms with Gasteiger partial charge in [-0.2, -0.15) is 0 Å². The second-order valence-electron chi connectivity index (χ2n) is 2.18. The van der Waals surface area contributed by atoms with E-state index in [-0.39, 0.29) is 23.8 Å². The number of phenols is 1. The topological polar surface area (TPSA) is 63.4 Å². The molecule has 0 radical (unpaired) electrons. The number of nitrogens with zero attached hydrogens (tertiary/aromatic N) is 1. The van der Waals surface area contributed by atoms with E-state index in [4.69, 9.17) is 5.11 Å². The van der Waals surface area contributed by atoms with Gasteiger partial charge in [0.2, 0.25) is 0 Å². The normalized spacial score (nSPS) is 8.75. The fourth-order valence-corrected chi connectivity index (χ4v) is 0.809. The Morgan fingerprint density at radius 3 is 2.50 bits per heavy atom. The molecule has 0 saturated carbocycles. The third kappa shape index (κ3) is 1.85. The highest BCUT2D eigenvalue weighted by molar-refractivity contribution is 5.85. The van der Waals surface area contributed by atoms with Gasteiger partial charge in [-0.15, -0.1) is 12.4 Å². The molecule has 4 nitrogen and oxygen atoms in total. The summed E-state index contributed by atoms with van der Waals surface area (Å²) >= 11 is 0. The van der Waals surface area contributed by atoms with Gasteiger partial charge in [0.1, 0.15) is 5.75 Å². The molecule has 1 aromatic rings. The van der Waals surface area contributed by atoms with Crippen molar-refractivity contribution < 1.29 is 10.0 Å².